The normalized spacial score (nSPS) is 13.9. The van der Waals surface area contributed by atoms with E-state index in [1.54, 1.807) is 0 Å². The molecule has 0 aliphatic carbocycles. The van der Waals surface area contributed by atoms with Crippen LogP contribution in [0.25, 0.3) is 10.7 Å². The Morgan fingerprint density at radius 3 is 3.05 bits per heavy atom. The summed E-state index contributed by atoms with van der Waals surface area (Å²) in [6.07, 6.45) is 0. The van der Waals surface area contributed by atoms with Crippen LogP contribution >= 0.6 is 11.3 Å². The average molecular weight is 297 g/mol. The van der Waals surface area contributed by atoms with Crippen molar-refractivity contribution >= 4 is 17.2 Å². The highest BCUT2D eigenvalue weighted by molar-refractivity contribution is 7.13. The molecule has 0 aliphatic rings. The van der Waals surface area contributed by atoms with Gasteiger partial charge in [0.25, 0.3) is 0 Å². The molecule has 1 amide bonds. The predicted molar refractivity (Wildman–Crippen MR) is 71.8 cm³/mol. The lowest BCUT2D eigenvalue weighted by atomic mass is 10.1. The van der Waals surface area contributed by atoms with E-state index in [0.717, 1.165) is 4.88 Å². The van der Waals surface area contributed by atoms with E-state index in [9.17, 15) is 9.90 Å². The number of carbonyl (C=O) groups is 1. The molecule has 0 aliphatic heterocycles. The second-order valence-corrected chi connectivity index (χ2v) is 5.50. The maximum atomic E-state index is 11.6. The summed E-state index contributed by atoms with van der Waals surface area (Å²) in [5, 5.41) is 34.5. The number of carbonyl (C=O) groups excluding carboxylic acids is 1. The molecule has 2 heterocycles. The molecule has 9 heteroatoms. The fourth-order valence-corrected chi connectivity index (χ4v) is 1.99. The first-order chi connectivity index (χ1) is 9.50. The van der Waals surface area contributed by atoms with Crippen LogP contribution in [0.4, 0.5) is 0 Å². The van der Waals surface area contributed by atoms with Crippen molar-refractivity contribution in [3.8, 4) is 10.7 Å². The zero-order valence-electron chi connectivity index (χ0n) is 10.9. The van der Waals surface area contributed by atoms with E-state index in [1.165, 1.54) is 23.1 Å². The Labute approximate surface area is 119 Å². The molecule has 3 N–H and O–H groups in total. The molecular weight excluding hydrogens is 282 g/mol. The van der Waals surface area contributed by atoms with Gasteiger partial charge in [0.2, 0.25) is 11.7 Å². The number of thiophene rings is 1. The molecule has 108 valence electrons. The zero-order valence-corrected chi connectivity index (χ0v) is 11.7. The van der Waals surface area contributed by atoms with Crippen LogP contribution in [0, 0.1) is 0 Å². The van der Waals surface area contributed by atoms with Crippen LogP contribution in [0.1, 0.15) is 6.92 Å². The quantitative estimate of drug-likeness (QED) is 0.647. The van der Waals surface area contributed by atoms with Crippen LogP contribution in [-0.2, 0) is 11.3 Å². The van der Waals surface area contributed by atoms with Gasteiger partial charge in [-0.25, -0.2) is 0 Å². The Morgan fingerprint density at radius 1 is 1.60 bits per heavy atom. The van der Waals surface area contributed by atoms with Crippen molar-refractivity contribution in [3.63, 3.8) is 0 Å². The summed E-state index contributed by atoms with van der Waals surface area (Å²) in [4.78, 5) is 13.7. The maximum Gasteiger partial charge on any atom is 0.243 e. The topological polar surface area (TPSA) is 113 Å². The highest BCUT2D eigenvalue weighted by Gasteiger charge is 2.20. The van der Waals surface area contributed by atoms with E-state index < -0.39 is 12.2 Å². The van der Waals surface area contributed by atoms with Gasteiger partial charge in [0, 0.05) is 6.54 Å². The summed E-state index contributed by atoms with van der Waals surface area (Å²) < 4.78 is 0. The second-order valence-electron chi connectivity index (χ2n) is 4.55. The Morgan fingerprint density at radius 2 is 2.40 bits per heavy atom. The number of nitrogens with one attached hydrogen (secondary N) is 1. The van der Waals surface area contributed by atoms with E-state index >= 15 is 0 Å². The number of tetrazole rings is 1. The standard InChI is InChI=1S/C11H15N5O3S/c1-11(19,7-17)6-12-9(18)5-16-14-10(13-15-16)8-3-2-4-20-8/h2-4,17,19H,5-7H2,1H3,(H,12,18). The lowest BCUT2D eigenvalue weighted by Crippen LogP contribution is -2.44. The third kappa shape index (κ3) is 3.83. The molecule has 8 nitrogen and oxygen atoms in total. The number of hydrogen-bond donors (Lipinski definition) is 3. The summed E-state index contributed by atoms with van der Waals surface area (Å²) >= 11 is 1.49. The smallest absolute Gasteiger partial charge is 0.243 e. The Balaban J connectivity index is 1.89. The predicted octanol–water partition coefficient (Wildman–Crippen LogP) is -0.739. The summed E-state index contributed by atoms with van der Waals surface area (Å²) in [6, 6.07) is 3.74. The number of nitrogens with zero attached hydrogens (tertiary/aromatic N) is 4. The van der Waals surface area contributed by atoms with Crippen LogP contribution in [0.5, 0.6) is 0 Å². The first kappa shape index (κ1) is 14.6. The van der Waals surface area contributed by atoms with Crippen molar-refractivity contribution in [2.24, 2.45) is 0 Å². The van der Waals surface area contributed by atoms with Crippen LogP contribution in [0.3, 0.4) is 0 Å². The molecule has 0 spiro atoms. The number of amides is 1. The lowest BCUT2D eigenvalue weighted by Gasteiger charge is -2.20. The minimum absolute atomic E-state index is 0.0468. The van der Waals surface area contributed by atoms with Gasteiger partial charge in [-0.3, -0.25) is 4.79 Å². The van der Waals surface area contributed by atoms with Crippen LogP contribution in [0.15, 0.2) is 17.5 Å². The number of aliphatic hydroxyl groups is 2. The van der Waals surface area contributed by atoms with Gasteiger partial charge in [0.15, 0.2) is 0 Å². The molecule has 0 aromatic carbocycles. The van der Waals surface area contributed by atoms with Crippen molar-refractivity contribution in [1.82, 2.24) is 25.5 Å². The molecule has 1 atom stereocenters. The first-order valence-corrected chi connectivity index (χ1v) is 6.80. The first-order valence-electron chi connectivity index (χ1n) is 5.92. The van der Waals surface area contributed by atoms with Gasteiger partial charge in [-0.2, -0.15) is 4.80 Å². The fourth-order valence-electron chi connectivity index (χ4n) is 1.34. The number of aromatic nitrogens is 4. The van der Waals surface area contributed by atoms with Gasteiger partial charge in [-0.05, 0) is 23.6 Å². The monoisotopic (exact) mass is 297 g/mol. The van der Waals surface area contributed by atoms with Crippen LogP contribution < -0.4 is 5.32 Å². The Hall–Kier alpha value is -1.84. The number of aliphatic hydroxyl groups excluding tert-OH is 1. The highest BCUT2D eigenvalue weighted by Crippen LogP contribution is 2.19. The molecule has 0 radical (unpaired) electrons. The van der Waals surface area contributed by atoms with Gasteiger partial charge >= 0.3 is 0 Å². The second kappa shape index (κ2) is 6.07. The minimum atomic E-state index is -1.34. The van der Waals surface area contributed by atoms with Gasteiger partial charge < -0.3 is 15.5 Å². The summed E-state index contributed by atoms with van der Waals surface area (Å²) in [6.45, 7) is 0.849. The molecule has 1 unspecified atom stereocenters. The van der Waals surface area contributed by atoms with E-state index in [1.807, 2.05) is 17.5 Å². The maximum absolute atomic E-state index is 11.6. The highest BCUT2D eigenvalue weighted by atomic mass is 32.1. The fraction of sp³-hybridized carbons (Fsp3) is 0.455. The molecule has 2 aromatic heterocycles. The third-order valence-electron chi connectivity index (χ3n) is 2.49. The van der Waals surface area contributed by atoms with Crippen molar-refractivity contribution < 1.29 is 15.0 Å². The van der Waals surface area contributed by atoms with Crippen molar-refractivity contribution in [1.29, 1.82) is 0 Å². The van der Waals surface area contributed by atoms with E-state index in [-0.39, 0.29) is 19.0 Å². The molecule has 2 rings (SSSR count). The average Bonchev–Trinajstić information content (AvgIpc) is 3.07. The number of hydrogen-bond acceptors (Lipinski definition) is 7. The molecule has 2 aromatic rings. The van der Waals surface area contributed by atoms with Crippen molar-refractivity contribution in [3.05, 3.63) is 17.5 Å². The van der Waals surface area contributed by atoms with E-state index in [4.69, 9.17) is 5.11 Å². The molecule has 0 fully saturated rings. The van der Waals surface area contributed by atoms with Gasteiger partial charge in [-0.15, -0.1) is 21.5 Å². The van der Waals surface area contributed by atoms with Gasteiger partial charge in [0.05, 0.1) is 11.5 Å². The van der Waals surface area contributed by atoms with Gasteiger partial charge in [0.1, 0.15) is 12.1 Å². The summed E-state index contributed by atoms with van der Waals surface area (Å²) in [7, 11) is 0. The summed E-state index contributed by atoms with van der Waals surface area (Å²) in [5.41, 5.74) is -1.34. The van der Waals surface area contributed by atoms with E-state index in [0.29, 0.717) is 5.82 Å². The zero-order chi connectivity index (χ0) is 14.6. The molecule has 20 heavy (non-hydrogen) atoms. The van der Waals surface area contributed by atoms with Crippen LogP contribution in [0.2, 0.25) is 0 Å². The van der Waals surface area contributed by atoms with E-state index in [2.05, 4.69) is 20.7 Å². The minimum Gasteiger partial charge on any atom is -0.393 e. The Kier molecular flexibility index (Phi) is 4.42. The molecule has 0 saturated heterocycles. The summed E-state index contributed by atoms with van der Waals surface area (Å²) in [5.74, 6) is 0.101. The SMILES string of the molecule is CC(O)(CO)CNC(=O)Cn1nnc(-c2cccs2)n1. The van der Waals surface area contributed by atoms with Gasteiger partial charge in [-0.1, -0.05) is 6.07 Å². The lowest BCUT2D eigenvalue weighted by molar-refractivity contribution is -0.123. The van der Waals surface area contributed by atoms with Crippen molar-refractivity contribution in [2.75, 3.05) is 13.2 Å². The third-order valence-corrected chi connectivity index (χ3v) is 3.35. The largest absolute Gasteiger partial charge is 0.393 e. The molecule has 0 bridgehead atoms. The molecular formula is C11H15N5O3S. The van der Waals surface area contributed by atoms with Crippen molar-refractivity contribution in [2.45, 2.75) is 19.1 Å². The molecule has 0 saturated carbocycles. The Bertz CT molecular complexity index is 566. The van der Waals surface area contributed by atoms with Crippen LogP contribution in [-0.4, -0.2) is 55.1 Å². The number of rotatable bonds is 6.